The van der Waals surface area contributed by atoms with Crippen molar-refractivity contribution in [3.8, 4) is 0 Å². The number of aryl methyl sites for hydroxylation is 2. The quantitative estimate of drug-likeness (QED) is 0.876. The Labute approximate surface area is 145 Å². The first-order chi connectivity index (χ1) is 11.4. The van der Waals surface area contributed by atoms with Gasteiger partial charge in [0.25, 0.3) is 10.0 Å². The number of thioether (sulfide) groups is 1. The smallest absolute Gasteiger partial charge is 0.261 e. The van der Waals surface area contributed by atoms with Gasteiger partial charge >= 0.3 is 0 Å². The minimum atomic E-state index is -3.73. The summed E-state index contributed by atoms with van der Waals surface area (Å²) in [5, 5.41) is 2.77. The molecule has 1 heterocycles. The zero-order valence-corrected chi connectivity index (χ0v) is 15.1. The largest absolute Gasteiger partial charge is 0.325 e. The number of sulfonamides is 1. The number of nitrogens with one attached hydrogen (secondary N) is 2. The molecule has 0 radical (unpaired) electrons. The first-order valence-electron chi connectivity index (χ1n) is 7.52. The Hall–Kier alpha value is -1.99. The molecule has 1 aliphatic rings. The maximum absolute atomic E-state index is 12.7. The van der Waals surface area contributed by atoms with E-state index in [-0.39, 0.29) is 10.8 Å². The minimum Gasteiger partial charge on any atom is -0.325 e. The van der Waals surface area contributed by atoms with Crippen LogP contribution in [-0.2, 0) is 14.8 Å². The molecule has 24 heavy (non-hydrogen) atoms. The van der Waals surface area contributed by atoms with Crippen LogP contribution in [0.5, 0.6) is 0 Å². The third kappa shape index (κ3) is 3.42. The zero-order chi connectivity index (χ0) is 17.3. The highest BCUT2D eigenvalue weighted by Gasteiger charge is 2.20. The van der Waals surface area contributed by atoms with Gasteiger partial charge in [-0.1, -0.05) is 18.2 Å². The fourth-order valence-electron chi connectivity index (χ4n) is 2.53. The van der Waals surface area contributed by atoms with Gasteiger partial charge in [-0.25, -0.2) is 8.42 Å². The van der Waals surface area contributed by atoms with Crippen LogP contribution in [0.1, 0.15) is 17.5 Å². The van der Waals surface area contributed by atoms with Crippen LogP contribution in [0.4, 0.5) is 11.4 Å². The van der Waals surface area contributed by atoms with E-state index in [1.807, 2.05) is 32.0 Å². The van der Waals surface area contributed by atoms with Crippen molar-refractivity contribution in [3.63, 3.8) is 0 Å². The molecule has 0 aliphatic carbocycles. The molecule has 2 aromatic rings. The van der Waals surface area contributed by atoms with Crippen molar-refractivity contribution in [2.45, 2.75) is 30.1 Å². The Kier molecular flexibility index (Phi) is 4.56. The summed E-state index contributed by atoms with van der Waals surface area (Å²) in [6.07, 6.45) is 0.419. The van der Waals surface area contributed by atoms with Gasteiger partial charge in [-0.05, 0) is 43.2 Å². The first kappa shape index (κ1) is 16.9. The fourth-order valence-corrected chi connectivity index (χ4v) is 4.70. The lowest BCUT2D eigenvalue weighted by molar-refractivity contribution is -0.115. The molecule has 126 valence electrons. The van der Waals surface area contributed by atoms with Crippen molar-refractivity contribution in [2.24, 2.45) is 0 Å². The Morgan fingerprint density at radius 2 is 1.83 bits per heavy atom. The Balaban J connectivity index is 1.97. The molecule has 2 N–H and O–H groups in total. The molecule has 5 nitrogen and oxygen atoms in total. The first-order valence-corrected chi connectivity index (χ1v) is 9.99. The number of carbonyl (C=O) groups excluding carboxylic acids is 1. The lowest BCUT2D eigenvalue weighted by atomic mass is 10.1. The predicted octanol–water partition coefficient (Wildman–Crippen LogP) is 3.54. The molecule has 2 aromatic carbocycles. The summed E-state index contributed by atoms with van der Waals surface area (Å²) in [4.78, 5) is 12.7. The van der Waals surface area contributed by atoms with E-state index >= 15 is 0 Å². The molecular formula is C17H18N2O3S2. The zero-order valence-electron chi connectivity index (χ0n) is 13.4. The molecule has 0 saturated heterocycles. The van der Waals surface area contributed by atoms with Gasteiger partial charge in [-0.2, -0.15) is 0 Å². The number of benzene rings is 2. The molecule has 0 atom stereocenters. The van der Waals surface area contributed by atoms with Crippen molar-refractivity contribution in [2.75, 3.05) is 15.8 Å². The van der Waals surface area contributed by atoms with Crippen LogP contribution < -0.4 is 10.0 Å². The van der Waals surface area contributed by atoms with Gasteiger partial charge in [0.05, 0.1) is 16.3 Å². The molecule has 0 unspecified atom stereocenters. The van der Waals surface area contributed by atoms with Gasteiger partial charge in [-0.15, -0.1) is 11.8 Å². The molecule has 0 saturated carbocycles. The number of carbonyl (C=O) groups is 1. The topological polar surface area (TPSA) is 75.3 Å². The highest BCUT2D eigenvalue weighted by atomic mass is 32.2. The minimum absolute atomic E-state index is 0.0986. The van der Waals surface area contributed by atoms with Crippen molar-refractivity contribution in [1.82, 2.24) is 0 Å². The van der Waals surface area contributed by atoms with Crippen LogP contribution in [0.15, 0.2) is 46.2 Å². The number of para-hydroxylation sites is 1. The van der Waals surface area contributed by atoms with Gasteiger partial charge < -0.3 is 5.32 Å². The second-order valence-corrected chi connectivity index (χ2v) is 8.50. The van der Waals surface area contributed by atoms with E-state index in [2.05, 4.69) is 10.0 Å². The monoisotopic (exact) mass is 362 g/mol. The molecule has 3 rings (SSSR count). The lowest BCUT2D eigenvalue weighted by Crippen LogP contribution is -2.16. The Bertz CT molecular complexity index is 888. The normalized spacial score (nSPS) is 14.5. The molecule has 1 amide bonds. The SMILES string of the molecule is Cc1cccc(C)c1NS(=O)(=O)c1ccc2c(c1)NC(=O)CCS2. The van der Waals surface area contributed by atoms with Crippen LogP contribution in [0.3, 0.4) is 0 Å². The average molecular weight is 362 g/mol. The van der Waals surface area contributed by atoms with E-state index < -0.39 is 10.0 Å². The summed E-state index contributed by atoms with van der Waals surface area (Å²) in [6, 6.07) is 10.4. The third-order valence-electron chi connectivity index (χ3n) is 3.84. The van der Waals surface area contributed by atoms with Gasteiger partial charge in [-0.3, -0.25) is 9.52 Å². The molecule has 0 aromatic heterocycles. The van der Waals surface area contributed by atoms with Crippen LogP contribution in [0.2, 0.25) is 0 Å². The van der Waals surface area contributed by atoms with Gasteiger partial charge in [0.1, 0.15) is 0 Å². The van der Waals surface area contributed by atoms with Crippen molar-refractivity contribution >= 4 is 39.1 Å². The molecule has 0 spiro atoms. The summed E-state index contributed by atoms with van der Waals surface area (Å²) >= 11 is 1.54. The summed E-state index contributed by atoms with van der Waals surface area (Å²) in [5.74, 6) is 0.587. The standard InChI is InChI=1S/C17H18N2O3S2/c1-11-4-3-5-12(2)17(11)19-24(21,22)13-6-7-15-14(10-13)18-16(20)8-9-23-15/h3-7,10,19H,8-9H2,1-2H3,(H,18,20). The predicted molar refractivity (Wildman–Crippen MR) is 97.1 cm³/mol. The number of hydrogen-bond acceptors (Lipinski definition) is 4. The molecular weight excluding hydrogens is 344 g/mol. The van der Waals surface area contributed by atoms with Crippen molar-refractivity contribution in [1.29, 1.82) is 0 Å². The van der Waals surface area contributed by atoms with E-state index in [9.17, 15) is 13.2 Å². The van der Waals surface area contributed by atoms with E-state index in [4.69, 9.17) is 0 Å². The number of hydrogen-bond donors (Lipinski definition) is 2. The second-order valence-electron chi connectivity index (χ2n) is 5.68. The second kappa shape index (κ2) is 6.49. The lowest BCUT2D eigenvalue weighted by Gasteiger charge is -2.14. The molecule has 0 bridgehead atoms. The van der Waals surface area contributed by atoms with E-state index in [0.29, 0.717) is 23.5 Å². The maximum Gasteiger partial charge on any atom is 0.261 e. The van der Waals surface area contributed by atoms with E-state index in [1.54, 1.807) is 23.9 Å². The van der Waals surface area contributed by atoms with Crippen LogP contribution in [-0.4, -0.2) is 20.1 Å². The highest BCUT2D eigenvalue weighted by molar-refractivity contribution is 7.99. The van der Waals surface area contributed by atoms with Crippen LogP contribution in [0, 0.1) is 13.8 Å². The fraction of sp³-hybridized carbons (Fsp3) is 0.235. The average Bonchev–Trinajstić information content (AvgIpc) is 2.71. The summed E-state index contributed by atoms with van der Waals surface area (Å²) in [6.45, 7) is 3.72. The number of amides is 1. The highest BCUT2D eigenvalue weighted by Crippen LogP contribution is 2.33. The van der Waals surface area contributed by atoms with Gasteiger partial charge in [0.2, 0.25) is 5.91 Å². The molecule has 0 fully saturated rings. The summed E-state index contributed by atoms with van der Waals surface area (Å²) in [5.41, 5.74) is 2.85. The number of rotatable bonds is 3. The summed E-state index contributed by atoms with van der Waals surface area (Å²) < 4.78 is 28.1. The molecule has 7 heteroatoms. The van der Waals surface area contributed by atoms with Crippen LogP contribution >= 0.6 is 11.8 Å². The van der Waals surface area contributed by atoms with Gasteiger partial charge in [0.15, 0.2) is 0 Å². The van der Waals surface area contributed by atoms with Crippen LogP contribution in [0.25, 0.3) is 0 Å². The Morgan fingerprint density at radius 3 is 2.54 bits per heavy atom. The number of anilines is 2. The molecule has 1 aliphatic heterocycles. The summed E-state index contributed by atoms with van der Waals surface area (Å²) in [7, 11) is -3.73. The maximum atomic E-state index is 12.7. The third-order valence-corrected chi connectivity index (χ3v) is 6.26. The Morgan fingerprint density at radius 1 is 1.12 bits per heavy atom. The van der Waals surface area contributed by atoms with E-state index in [0.717, 1.165) is 16.0 Å². The van der Waals surface area contributed by atoms with Gasteiger partial charge in [0, 0.05) is 17.1 Å². The van der Waals surface area contributed by atoms with Crippen molar-refractivity contribution < 1.29 is 13.2 Å². The number of fused-ring (bicyclic) bond motifs is 1. The van der Waals surface area contributed by atoms with E-state index in [1.165, 1.54) is 6.07 Å². The van der Waals surface area contributed by atoms with Crippen molar-refractivity contribution in [3.05, 3.63) is 47.5 Å².